The molecule has 0 radical (unpaired) electrons. The lowest BCUT2D eigenvalue weighted by Crippen LogP contribution is -1.11. The van der Waals surface area contributed by atoms with Gasteiger partial charge in [0.05, 0.1) is 0 Å². The lowest BCUT2D eigenvalue weighted by Gasteiger charge is -1.56. The van der Waals surface area contributed by atoms with Crippen molar-refractivity contribution in [2.45, 2.75) is 0 Å². The van der Waals surface area contributed by atoms with Crippen molar-refractivity contribution in [3.8, 4) is 0 Å². The largest absolute Gasteiger partial charge is 0.443 e. The third-order valence-corrected chi connectivity index (χ3v) is 3.06. The summed E-state index contributed by atoms with van der Waals surface area (Å²) in [6, 6.07) is 0. The summed E-state index contributed by atoms with van der Waals surface area (Å²) in [7, 11) is 0.000257. The molecule has 6 heavy (non-hydrogen) atoms. The molecule has 0 fully saturated rings. The highest BCUT2D eigenvalue weighted by molar-refractivity contribution is 7.99. The van der Waals surface area contributed by atoms with E-state index in [2.05, 4.69) is 4.52 Å². The molecular weight excluding hydrogens is 182 g/mol. The predicted molar refractivity (Wildman–Crippen MR) is 35.2 cm³/mol. The van der Waals surface area contributed by atoms with Gasteiger partial charge in [-0.1, -0.05) is 11.2 Å². The minimum absolute atomic E-state index is 0.000257. The third kappa shape index (κ3) is 5.40. The van der Waals surface area contributed by atoms with Crippen molar-refractivity contribution in [2.75, 3.05) is 0 Å². The van der Waals surface area contributed by atoms with Gasteiger partial charge in [0.2, 0.25) is 22.5 Å². The quantitative estimate of drug-likeness (QED) is 0.550. The van der Waals surface area contributed by atoms with Crippen LogP contribution in [-0.4, -0.2) is 0 Å². The number of nitrogens with zero attached hydrogens (tertiary/aromatic N) is 1. The van der Waals surface area contributed by atoms with Gasteiger partial charge in [-0.15, -0.1) is 0 Å². The summed E-state index contributed by atoms with van der Waals surface area (Å²) in [5, 5.41) is 0. The Morgan fingerprint density at radius 1 is 1.50 bits per heavy atom. The van der Waals surface area contributed by atoms with Crippen molar-refractivity contribution < 1.29 is 0 Å². The zero-order chi connectivity index (χ0) is 4.99. The van der Waals surface area contributed by atoms with Crippen molar-refractivity contribution in [1.82, 2.24) is 0 Å². The topological polar surface area (TPSA) is 12.4 Å². The molecule has 1 atom stereocenters. The van der Waals surface area contributed by atoms with Gasteiger partial charge >= 0.3 is 6.42 Å². The summed E-state index contributed by atoms with van der Waals surface area (Å²) in [5.74, 6) is 0. The van der Waals surface area contributed by atoms with Gasteiger partial charge in [-0.05, 0) is 4.52 Å². The molecule has 0 amide bonds. The van der Waals surface area contributed by atoms with E-state index in [0.717, 1.165) is 0 Å². The Hall–Kier alpha value is 1.40. The van der Waals surface area contributed by atoms with E-state index >= 15 is 0 Å². The molecule has 0 aromatic heterocycles. The van der Waals surface area contributed by atoms with Crippen LogP contribution in [0.2, 0.25) is 0 Å². The number of hydrogen-bond donors (Lipinski definition) is 0. The molecule has 0 aromatic carbocycles. The minimum Gasteiger partial charge on any atom is -0.0684 e. The molecule has 1 unspecified atom stereocenters. The molecule has 0 heterocycles. The zero-order valence-corrected chi connectivity index (χ0v) is 6.69. The van der Waals surface area contributed by atoms with Gasteiger partial charge in [0.15, 0.2) is 0 Å². The van der Waals surface area contributed by atoms with Crippen LogP contribution in [0.15, 0.2) is 4.52 Å². The monoisotopic (exact) mass is 182 g/mol. The molecule has 0 saturated carbocycles. The van der Waals surface area contributed by atoms with Crippen molar-refractivity contribution in [2.24, 2.45) is 4.52 Å². The predicted octanol–water partition coefficient (Wildman–Crippen LogP) is 3.71. The first-order chi connectivity index (χ1) is 2.77. The molecule has 0 aliphatic rings. The first-order valence-electron chi connectivity index (χ1n) is 0.951. The van der Waals surface area contributed by atoms with E-state index in [4.69, 9.17) is 33.7 Å². The molecule has 0 bridgehead atoms. The summed E-state index contributed by atoms with van der Waals surface area (Å²) < 4.78 is 3.51. The zero-order valence-electron chi connectivity index (χ0n) is 2.53. The third-order valence-electron chi connectivity index (χ3n) is 0.113. The van der Waals surface area contributed by atoms with Gasteiger partial charge in [-0.25, -0.2) is 0 Å². The van der Waals surface area contributed by atoms with Gasteiger partial charge in [-0.3, -0.25) is 0 Å². The van der Waals surface area contributed by atoms with Crippen LogP contribution in [0.5, 0.6) is 0 Å². The second-order valence-electron chi connectivity index (χ2n) is 0.400. The van der Waals surface area contributed by atoms with Gasteiger partial charge in [0.25, 0.3) is 0 Å². The average molecular weight is 183 g/mol. The van der Waals surface area contributed by atoms with E-state index < -0.39 is 6.42 Å². The van der Waals surface area contributed by atoms with Crippen molar-refractivity contribution in [3.63, 3.8) is 0 Å². The second-order valence-corrected chi connectivity index (χ2v) is 4.75. The van der Waals surface area contributed by atoms with Crippen molar-refractivity contribution >= 4 is 48.2 Å². The Bertz CT molecular complexity index is 55.8. The molecule has 1 nitrogen and oxygen atoms in total. The van der Waals surface area contributed by atoms with Crippen molar-refractivity contribution in [1.29, 1.82) is 0 Å². The highest BCUT2D eigenvalue weighted by Crippen LogP contribution is 2.43. The van der Waals surface area contributed by atoms with Gasteiger partial charge in [-0.2, -0.15) is 0 Å². The van der Waals surface area contributed by atoms with E-state index in [-0.39, 0.29) is 8.08 Å². The van der Waals surface area contributed by atoms with Crippen LogP contribution in [0.3, 0.4) is 0 Å². The Morgan fingerprint density at radius 2 is 2.00 bits per heavy atom. The van der Waals surface area contributed by atoms with Crippen LogP contribution in [0.25, 0.3) is 0 Å². The highest BCUT2D eigenvalue weighted by Gasteiger charge is 1.97. The molecule has 0 aliphatic heterocycles. The van der Waals surface area contributed by atoms with Crippen LogP contribution in [0.4, 0.5) is 0 Å². The fourth-order valence-corrected chi connectivity index (χ4v) is 2.31. The van der Waals surface area contributed by atoms with Gasteiger partial charge in [0.1, 0.15) is 8.08 Å². The summed E-state index contributed by atoms with van der Waals surface area (Å²) >= 11 is 15.4. The minimum atomic E-state index is -1.15. The standard InChI is InChI=1S/Cl3HNP2/c1-5-4-6(2)3/h5H/q+1. The maximum atomic E-state index is 5.16. The summed E-state index contributed by atoms with van der Waals surface area (Å²) in [5.41, 5.74) is 0. The fourth-order valence-electron chi connectivity index (χ4n) is 0.0286. The average Bonchev–Trinajstić information content (AvgIpc) is 1.35. The van der Waals surface area contributed by atoms with Crippen LogP contribution in [0.1, 0.15) is 0 Å². The van der Waals surface area contributed by atoms with Crippen molar-refractivity contribution in [3.05, 3.63) is 0 Å². The van der Waals surface area contributed by atoms with Crippen LogP contribution in [-0.2, 0) is 0 Å². The number of hydrogen-bond acceptors (Lipinski definition) is 1. The normalized spacial score (nSPS) is 9.83. The van der Waals surface area contributed by atoms with E-state index in [1.807, 2.05) is 0 Å². The number of halogens is 3. The fraction of sp³-hybridized carbons (Fsp3) is 0. The molecule has 0 saturated heterocycles. The summed E-state index contributed by atoms with van der Waals surface area (Å²) in [6.45, 7) is 0. The molecule has 0 aliphatic carbocycles. The maximum Gasteiger partial charge on any atom is 0.443 e. The molecule has 0 N–H and O–H groups in total. The van der Waals surface area contributed by atoms with E-state index in [9.17, 15) is 0 Å². The first kappa shape index (κ1) is 7.40. The molecule has 0 spiro atoms. The van der Waals surface area contributed by atoms with Gasteiger partial charge < -0.3 is 0 Å². The Kier molecular flexibility index (Phi) is 5.62. The van der Waals surface area contributed by atoms with Crippen LogP contribution >= 0.6 is 48.2 Å². The Balaban J connectivity index is 3.14. The molecule has 6 heteroatoms. The summed E-state index contributed by atoms with van der Waals surface area (Å²) in [6.07, 6.45) is -1.15. The van der Waals surface area contributed by atoms with E-state index in [1.165, 1.54) is 0 Å². The second kappa shape index (κ2) is 4.56. The molecule has 36 valence electrons. The van der Waals surface area contributed by atoms with Gasteiger partial charge in [0, 0.05) is 0 Å². The lowest BCUT2D eigenvalue weighted by atomic mass is 13.9. The lowest BCUT2D eigenvalue weighted by molar-refractivity contribution is 2.09. The Morgan fingerprint density at radius 3 is 2.00 bits per heavy atom. The van der Waals surface area contributed by atoms with E-state index in [0.29, 0.717) is 0 Å². The van der Waals surface area contributed by atoms with Crippen LogP contribution < -0.4 is 0 Å². The SMILES string of the molecule is ClPN=[P+](Cl)Cl. The molecule has 0 aromatic rings. The first-order valence-corrected chi connectivity index (χ1v) is 6.01. The van der Waals surface area contributed by atoms with Crippen LogP contribution in [0, 0.1) is 0 Å². The number of rotatable bonds is 1. The molecule has 0 rings (SSSR count). The maximum absolute atomic E-state index is 5.16. The highest BCUT2D eigenvalue weighted by atomic mass is 35.9. The Labute approximate surface area is 53.0 Å². The van der Waals surface area contributed by atoms with E-state index in [1.54, 1.807) is 0 Å². The summed E-state index contributed by atoms with van der Waals surface area (Å²) in [4.78, 5) is 0. The smallest absolute Gasteiger partial charge is 0.0684 e. The molecular formula is HCl3NP2+.